The minimum atomic E-state index is -0.0249. The van der Waals surface area contributed by atoms with Gasteiger partial charge >= 0.3 is 0 Å². The molecule has 33 heavy (non-hydrogen) atoms. The second-order valence-corrected chi connectivity index (χ2v) is 9.48. The van der Waals surface area contributed by atoms with Crippen LogP contribution in [0, 0.1) is 0 Å². The summed E-state index contributed by atoms with van der Waals surface area (Å²) in [7, 11) is 1.64. The Labute approximate surface area is 202 Å². The predicted octanol–water partition coefficient (Wildman–Crippen LogP) is 7.03. The van der Waals surface area contributed by atoms with Crippen molar-refractivity contribution in [3.05, 3.63) is 99.4 Å². The van der Waals surface area contributed by atoms with Gasteiger partial charge in [-0.1, -0.05) is 48.0 Å². The molecule has 3 aromatic rings. The zero-order valence-corrected chi connectivity index (χ0v) is 19.8. The quantitative estimate of drug-likeness (QED) is 0.381. The number of fused-ring (bicyclic) bond motifs is 1. The van der Waals surface area contributed by atoms with Crippen LogP contribution in [0.2, 0.25) is 5.02 Å². The number of halogens is 1. The number of aryl methyl sites for hydroxylation is 1. The van der Waals surface area contributed by atoms with E-state index in [-0.39, 0.29) is 11.9 Å². The number of amidine groups is 1. The van der Waals surface area contributed by atoms with Gasteiger partial charge in [0.15, 0.2) is 5.17 Å². The van der Waals surface area contributed by atoms with Crippen LogP contribution in [-0.2, 0) is 11.2 Å². The lowest BCUT2D eigenvalue weighted by Gasteiger charge is -2.32. The van der Waals surface area contributed by atoms with Gasteiger partial charge in [0.2, 0.25) is 0 Å². The van der Waals surface area contributed by atoms with Gasteiger partial charge in [-0.3, -0.25) is 9.69 Å². The molecule has 1 saturated heterocycles. The van der Waals surface area contributed by atoms with Crippen LogP contribution in [0.4, 0.5) is 5.69 Å². The van der Waals surface area contributed by atoms with Crippen molar-refractivity contribution in [3.63, 3.8) is 0 Å². The molecule has 5 rings (SSSR count). The maximum atomic E-state index is 13.7. The number of thioether (sulfide) groups is 1. The van der Waals surface area contributed by atoms with E-state index in [0.717, 1.165) is 36.3 Å². The van der Waals surface area contributed by atoms with E-state index >= 15 is 0 Å². The van der Waals surface area contributed by atoms with E-state index in [1.165, 1.54) is 22.9 Å². The molecule has 2 aliphatic rings. The molecule has 1 atom stereocenters. The first-order valence-corrected chi connectivity index (χ1v) is 12.1. The van der Waals surface area contributed by atoms with Crippen molar-refractivity contribution in [1.82, 2.24) is 4.90 Å². The molecule has 0 bridgehead atoms. The van der Waals surface area contributed by atoms with E-state index in [2.05, 4.69) is 24.3 Å². The van der Waals surface area contributed by atoms with Gasteiger partial charge in [0, 0.05) is 5.02 Å². The number of aliphatic imine (C=N–C) groups is 1. The minimum Gasteiger partial charge on any atom is -0.497 e. The van der Waals surface area contributed by atoms with E-state index in [9.17, 15) is 4.79 Å². The van der Waals surface area contributed by atoms with Crippen LogP contribution in [0.25, 0.3) is 6.08 Å². The number of hydrogen-bond donors (Lipinski definition) is 0. The zero-order valence-electron chi connectivity index (χ0n) is 18.2. The normalized spacial score (nSPS) is 20.4. The number of rotatable bonds is 4. The van der Waals surface area contributed by atoms with Crippen molar-refractivity contribution in [3.8, 4) is 5.75 Å². The Morgan fingerprint density at radius 2 is 1.82 bits per heavy atom. The van der Waals surface area contributed by atoms with Gasteiger partial charge in [-0.2, -0.15) is 0 Å². The lowest BCUT2D eigenvalue weighted by molar-refractivity contribution is -0.124. The molecule has 1 amide bonds. The Morgan fingerprint density at radius 3 is 2.58 bits per heavy atom. The van der Waals surface area contributed by atoms with Gasteiger partial charge in [-0.25, -0.2) is 4.99 Å². The number of methoxy groups -OCH3 is 1. The average Bonchev–Trinajstić information content (AvgIpc) is 3.14. The fourth-order valence-electron chi connectivity index (χ4n) is 4.31. The van der Waals surface area contributed by atoms with E-state index < -0.39 is 0 Å². The van der Waals surface area contributed by atoms with Gasteiger partial charge in [0.05, 0.1) is 23.7 Å². The molecule has 0 radical (unpaired) electrons. The van der Waals surface area contributed by atoms with Crippen molar-refractivity contribution in [1.29, 1.82) is 0 Å². The number of hydrogen-bond acceptors (Lipinski definition) is 4. The summed E-state index contributed by atoms with van der Waals surface area (Å²) in [6.07, 6.45) is 4.92. The monoisotopic (exact) mass is 474 g/mol. The molecule has 0 saturated carbocycles. The standard InChI is InChI=1S/C27H23ClN2O2S/c1-32-22-15-13-21(14-16-22)29-27-30(24-8-4-6-19-5-2-3-7-23(19)24)26(31)25(33-27)17-18-9-11-20(28)12-10-18/h2-3,5,7,9-17,24H,4,6,8H2,1H3. The summed E-state index contributed by atoms with van der Waals surface area (Å²) in [5.74, 6) is 0.763. The fraction of sp³-hybridized carbons (Fsp3) is 0.185. The van der Waals surface area contributed by atoms with Gasteiger partial charge < -0.3 is 4.74 Å². The molecular formula is C27H23ClN2O2S. The van der Waals surface area contributed by atoms with E-state index in [4.69, 9.17) is 21.3 Å². The number of carbonyl (C=O) groups excluding carboxylic acids is 1. The number of ether oxygens (including phenoxy) is 1. The third-order valence-electron chi connectivity index (χ3n) is 5.95. The third kappa shape index (κ3) is 4.56. The molecule has 166 valence electrons. The van der Waals surface area contributed by atoms with Crippen molar-refractivity contribution in [2.45, 2.75) is 25.3 Å². The van der Waals surface area contributed by atoms with Crippen LogP contribution in [0.15, 0.2) is 82.7 Å². The van der Waals surface area contributed by atoms with Gasteiger partial charge in [0.1, 0.15) is 5.75 Å². The second kappa shape index (κ2) is 9.46. The molecule has 1 aliphatic heterocycles. The fourth-order valence-corrected chi connectivity index (χ4v) is 5.48. The summed E-state index contributed by atoms with van der Waals surface area (Å²) in [5.41, 5.74) is 4.25. The predicted molar refractivity (Wildman–Crippen MR) is 136 cm³/mol. The van der Waals surface area contributed by atoms with Crippen LogP contribution in [0.5, 0.6) is 5.75 Å². The van der Waals surface area contributed by atoms with Gasteiger partial charge in [0.25, 0.3) is 5.91 Å². The Balaban J connectivity index is 1.56. The molecule has 1 aliphatic carbocycles. The molecule has 1 unspecified atom stereocenters. The summed E-state index contributed by atoms with van der Waals surface area (Å²) < 4.78 is 5.27. The Kier molecular flexibility index (Phi) is 6.25. The van der Waals surface area contributed by atoms with Crippen molar-refractivity contribution in [2.75, 3.05) is 7.11 Å². The average molecular weight is 475 g/mol. The highest BCUT2D eigenvalue weighted by molar-refractivity contribution is 8.18. The smallest absolute Gasteiger partial charge is 0.267 e. The van der Waals surface area contributed by atoms with E-state index in [1.54, 1.807) is 7.11 Å². The van der Waals surface area contributed by atoms with Gasteiger partial charge in [-0.05, 0) is 90.2 Å². The Hall–Kier alpha value is -3.02. The van der Waals surface area contributed by atoms with E-state index in [1.807, 2.05) is 59.5 Å². The third-order valence-corrected chi connectivity index (χ3v) is 7.19. The number of benzene rings is 3. The first-order valence-electron chi connectivity index (χ1n) is 10.9. The van der Waals surface area contributed by atoms with Crippen LogP contribution < -0.4 is 4.74 Å². The second-order valence-electron chi connectivity index (χ2n) is 8.04. The van der Waals surface area contributed by atoms with Crippen LogP contribution in [-0.4, -0.2) is 23.1 Å². The van der Waals surface area contributed by atoms with Crippen LogP contribution in [0.3, 0.4) is 0 Å². The Bertz CT molecular complexity index is 1240. The largest absolute Gasteiger partial charge is 0.497 e. The lowest BCUT2D eigenvalue weighted by Crippen LogP contribution is -2.35. The summed E-state index contributed by atoms with van der Waals surface area (Å²) in [4.78, 5) is 21.1. The lowest BCUT2D eigenvalue weighted by atomic mass is 9.87. The highest BCUT2D eigenvalue weighted by Crippen LogP contribution is 2.43. The molecule has 1 heterocycles. The number of amides is 1. The van der Waals surface area contributed by atoms with Crippen molar-refractivity contribution < 1.29 is 9.53 Å². The highest BCUT2D eigenvalue weighted by atomic mass is 35.5. The SMILES string of the molecule is COc1ccc(N=C2SC(=Cc3ccc(Cl)cc3)C(=O)N2C2CCCc3ccccc32)cc1. The Morgan fingerprint density at radius 1 is 1.06 bits per heavy atom. The molecule has 6 heteroatoms. The summed E-state index contributed by atoms with van der Waals surface area (Å²) >= 11 is 7.46. The van der Waals surface area contributed by atoms with Crippen LogP contribution >= 0.6 is 23.4 Å². The molecule has 3 aromatic carbocycles. The number of carbonyl (C=O) groups is 1. The first kappa shape index (κ1) is 21.8. The first-order chi connectivity index (χ1) is 16.1. The molecule has 4 nitrogen and oxygen atoms in total. The molecule has 1 fully saturated rings. The summed E-state index contributed by atoms with van der Waals surface area (Å²) in [6.45, 7) is 0. The topological polar surface area (TPSA) is 41.9 Å². The molecular weight excluding hydrogens is 452 g/mol. The zero-order chi connectivity index (χ0) is 22.8. The molecule has 0 N–H and O–H groups in total. The van der Waals surface area contributed by atoms with E-state index in [0.29, 0.717) is 15.1 Å². The van der Waals surface area contributed by atoms with Crippen molar-refractivity contribution in [2.24, 2.45) is 4.99 Å². The van der Waals surface area contributed by atoms with Crippen molar-refractivity contribution >= 4 is 46.2 Å². The maximum Gasteiger partial charge on any atom is 0.267 e. The molecule has 0 aromatic heterocycles. The summed E-state index contributed by atoms with van der Waals surface area (Å²) in [6, 6.07) is 23.5. The van der Waals surface area contributed by atoms with Gasteiger partial charge in [-0.15, -0.1) is 0 Å². The van der Waals surface area contributed by atoms with Crippen LogP contribution in [0.1, 0.15) is 35.6 Å². The number of nitrogens with zero attached hydrogens (tertiary/aromatic N) is 2. The minimum absolute atomic E-state index is 0.0103. The molecule has 0 spiro atoms. The summed E-state index contributed by atoms with van der Waals surface area (Å²) in [5, 5.41) is 1.37. The maximum absolute atomic E-state index is 13.7. The highest BCUT2D eigenvalue weighted by Gasteiger charge is 2.40.